The summed E-state index contributed by atoms with van der Waals surface area (Å²) in [6, 6.07) is 22.6. The molecule has 0 aliphatic heterocycles. The van der Waals surface area contributed by atoms with E-state index in [0.29, 0.717) is 28.6 Å². The van der Waals surface area contributed by atoms with Gasteiger partial charge in [0.15, 0.2) is 0 Å². The SMILES string of the molecule is CCC(Sc1cccc(NC(=O)c2cccc3cccc(C(=O)O)c23)c1)C(=O)Nc1ccc(F)cc1. The highest BCUT2D eigenvalue weighted by atomic mass is 32.2. The molecular formula is C28H23FN2O4S. The van der Waals surface area contributed by atoms with Gasteiger partial charge in [0.25, 0.3) is 5.91 Å². The van der Waals surface area contributed by atoms with Crippen LogP contribution < -0.4 is 10.6 Å². The Morgan fingerprint density at radius 2 is 1.53 bits per heavy atom. The number of aromatic carboxylic acids is 1. The zero-order valence-electron chi connectivity index (χ0n) is 19.3. The Bertz CT molecular complexity index is 1430. The maximum absolute atomic E-state index is 13.1. The number of thioether (sulfide) groups is 1. The minimum atomic E-state index is -1.11. The molecule has 1 atom stereocenters. The molecule has 36 heavy (non-hydrogen) atoms. The molecule has 0 heterocycles. The fourth-order valence-corrected chi connectivity index (χ4v) is 4.81. The van der Waals surface area contributed by atoms with E-state index in [4.69, 9.17) is 0 Å². The van der Waals surface area contributed by atoms with Crippen molar-refractivity contribution < 1.29 is 23.9 Å². The van der Waals surface area contributed by atoms with E-state index in [2.05, 4.69) is 10.6 Å². The van der Waals surface area contributed by atoms with Crippen LogP contribution >= 0.6 is 11.8 Å². The van der Waals surface area contributed by atoms with Crippen LogP contribution in [0.4, 0.5) is 15.8 Å². The lowest BCUT2D eigenvalue weighted by Gasteiger charge is -2.16. The molecular weight excluding hydrogens is 479 g/mol. The standard InChI is InChI=1S/C28H23FN2O4S/c1-2-24(27(33)30-19-14-12-18(29)13-15-19)36-21-9-5-8-20(16-21)31-26(32)22-10-3-6-17-7-4-11-23(25(17)22)28(34)35/h3-16,24H,2H2,1H3,(H,30,33)(H,31,32)(H,34,35). The van der Waals surface area contributed by atoms with E-state index in [9.17, 15) is 23.9 Å². The van der Waals surface area contributed by atoms with E-state index in [1.54, 1.807) is 48.5 Å². The highest BCUT2D eigenvalue weighted by Gasteiger charge is 2.20. The van der Waals surface area contributed by atoms with Gasteiger partial charge in [0, 0.05) is 27.2 Å². The topological polar surface area (TPSA) is 95.5 Å². The summed E-state index contributed by atoms with van der Waals surface area (Å²) in [5.41, 5.74) is 1.34. The number of carboxylic acids is 1. The second kappa shape index (κ2) is 11.0. The van der Waals surface area contributed by atoms with E-state index < -0.39 is 17.1 Å². The number of amides is 2. The quantitative estimate of drug-likeness (QED) is 0.241. The van der Waals surface area contributed by atoms with Gasteiger partial charge in [-0.25, -0.2) is 9.18 Å². The van der Waals surface area contributed by atoms with E-state index in [0.717, 1.165) is 4.90 Å². The van der Waals surface area contributed by atoms with Gasteiger partial charge in [-0.15, -0.1) is 11.8 Å². The number of anilines is 2. The third-order valence-corrected chi connectivity index (χ3v) is 6.88. The minimum absolute atomic E-state index is 0.0560. The average molecular weight is 503 g/mol. The number of hydrogen-bond donors (Lipinski definition) is 3. The molecule has 4 rings (SSSR count). The third kappa shape index (κ3) is 5.72. The largest absolute Gasteiger partial charge is 0.478 e. The van der Waals surface area contributed by atoms with E-state index in [-0.39, 0.29) is 22.9 Å². The Morgan fingerprint density at radius 1 is 0.861 bits per heavy atom. The van der Waals surface area contributed by atoms with Crippen molar-refractivity contribution >= 4 is 51.7 Å². The zero-order chi connectivity index (χ0) is 25.7. The van der Waals surface area contributed by atoms with Crippen molar-refractivity contribution in [1.82, 2.24) is 0 Å². The molecule has 2 amide bonds. The molecule has 0 saturated carbocycles. The summed E-state index contributed by atoms with van der Waals surface area (Å²) in [5, 5.41) is 15.9. The van der Waals surface area contributed by atoms with E-state index in [1.807, 2.05) is 13.0 Å². The fourth-order valence-electron chi connectivity index (χ4n) is 3.80. The first-order valence-electron chi connectivity index (χ1n) is 11.2. The minimum Gasteiger partial charge on any atom is -0.478 e. The molecule has 0 fully saturated rings. The number of carbonyl (C=O) groups is 3. The summed E-state index contributed by atoms with van der Waals surface area (Å²) in [4.78, 5) is 38.4. The maximum Gasteiger partial charge on any atom is 0.336 e. The second-order valence-electron chi connectivity index (χ2n) is 8.01. The summed E-state index contributed by atoms with van der Waals surface area (Å²) in [7, 11) is 0. The summed E-state index contributed by atoms with van der Waals surface area (Å²) in [6.07, 6.45) is 0.558. The summed E-state index contributed by atoms with van der Waals surface area (Å²) in [5.74, 6) is -2.13. The van der Waals surface area contributed by atoms with Gasteiger partial charge in [-0.3, -0.25) is 9.59 Å². The normalized spacial score (nSPS) is 11.6. The Kier molecular flexibility index (Phi) is 7.65. The van der Waals surface area contributed by atoms with Crippen molar-refractivity contribution in [2.45, 2.75) is 23.5 Å². The molecule has 8 heteroatoms. The smallest absolute Gasteiger partial charge is 0.336 e. The van der Waals surface area contributed by atoms with Gasteiger partial charge in [0.1, 0.15) is 5.82 Å². The Labute approximate surface area is 211 Å². The lowest BCUT2D eigenvalue weighted by Crippen LogP contribution is -2.24. The number of nitrogens with one attached hydrogen (secondary N) is 2. The third-order valence-electron chi connectivity index (χ3n) is 5.52. The molecule has 0 bridgehead atoms. The van der Waals surface area contributed by atoms with Crippen LogP contribution in [0.25, 0.3) is 10.8 Å². The van der Waals surface area contributed by atoms with Crippen molar-refractivity contribution in [3.8, 4) is 0 Å². The highest BCUT2D eigenvalue weighted by molar-refractivity contribution is 8.00. The van der Waals surface area contributed by atoms with Gasteiger partial charge in [0.05, 0.1) is 10.8 Å². The number of benzene rings is 4. The van der Waals surface area contributed by atoms with Crippen molar-refractivity contribution in [2.75, 3.05) is 10.6 Å². The van der Waals surface area contributed by atoms with Gasteiger partial charge in [-0.05, 0) is 66.4 Å². The van der Waals surface area contributed by atoms with Crippen LogP contribution in [0.5, 0.6) is 0 Å². The van der Waals surface area contributed by atoms with Gasteiger partial charge >= 0.3 is 5.97 Å². The molecule has 0 aliphatic carbocycles. The fraction of sp³-hybridized carbons (Fsp3) is 0.107. The molecule has 3 N–H and O–H groups in total. The zero-order valence-corrected chi connectivity index (χ0v) is 20.1. The number of carbonyl (C=O) groups excluding carboxylic acids is 2. The van der Waals surface area contributed by atoms with Crippen LogP contribution in [0, 0.1) is 5.82 Å². The highest BCUT2D eigenvalue weighted by Crippen LogP contribution is 2.29. The lowest BCUT2D eigenvalue weighted by molar-refractivity contribution is -0.115. The van der Waals surface area contributed by atoms with Crippen LogP contribution in [0.2, 0.25) is 0 Å². The van der Waals surface area contributed by atoms with Crippen molar-refractivity contribution in [2.24, 2.45) is 0 Å². The lowest BCUT2D eigenvalue weighted by atomic mass is 9.98. The summed E-state index contributed by atoms with van der Waals surface area (Å²) >= 11 is 1.35. The van der Waals surface area contributed by atoms with Gasteiger partial charge < -0.3 is 15.7 Å². The van der Waals surface area contributed by atoms with Gasteiger partial charge in [-0.2, -0.15) is 0 Å². The summed E-state index contributed by atoms with van der Waals surface area (Å²) < 4.78 is 13.1. The van der Waals surface area contributed by atoms with Crippen LogP contribution in [0.1, 0.15) is 34.1 Å². The van der Waals surface area contributed by atoms with Crippen molar-refractivity contribution in [3.05, 3.63) is 102 Å². The molecule has 0 aromatic heterocycles. The molecule has 0 saturated heterocycles. The number of rotatable bonds is 8. The van der Waals surface area contributed by atoms with Gasteiger partial charge in [-0.1, -0.05) is 37.3 Å². The van der Waals surface area contributed by atoms with Crippen LogP contribution in [-0.2, 0) is 4.79 Å². The molecule has 4 aromatic carbocycles. The van der Waals surface area contributed by atoms with E-state index >= 15 is 0 Å². The first kappa shape index (κ1) is 24.9. The van der Waals surface area contributed by atoms with Crippen LogP contribution in [0.3, 0.4) is 0 Å². The monoisotopic (exact) mass is 502 g/mol. The summed E-state index contributed by atoms with van der Waals surface area (Å²) in [6.45, 7) is 1.90. The molecule has 4 aromatic rings. The van der Waals surface area contributed by atoms with E-state index in [1.165, 1.54) is 42.1 Å². The molecule has 0 radical (unpaired) electrons. The number of carboxylic acid groups (broad SMARTS) is 1. The molecule has 0 aliphatic rings. The molecule has 6 nitrogen and oxygen atoms in total. The van der Waals surface area contributed by atoms with Crippen molar-refractivity contribution in [3.63, 3.8) is 0 Å². The number of hydrogen-bond acceptors (Lipinski definition) is 4. The second-order valence-corrected chi connectivity index (χ2v) is 9.28. The van der Waals surface area contributed by atoms with Gasteiger partial charge in [0.2, 0.25) is 5.91 Å². The Hall–Kier alpha value is -4.17. The van der Waals surface area contributed by atoms with Crippen LogP contribution in [0.15, 0.2) is 89.8 Å². The Balaban J connectivity index is 1.51. The first-order chi connectivity index (χ1) is 17.4. The Morgan fingerprint density at radius 3 is 2.19 bits per heavy atom. The number of fused-ring (bicyclic) bond motifs is 1. The van der Waals surface area contributed by atoms with Crippen LogP contribution in [-0.4, -0.2) is 28.1 Å². The number of halogens is 1. The molecule has 1 unspecified atom stereocenters. The molecule has 0 spiro atoms. The molecule has 182 valence electrons. The average Bonchev–Trinajstić information content (AvgIpc) is 2.88. The first-order valence-corrected chi connectivity index (χ1v) is 12.1. The predicted octanol–water partition coefficient (Wildman–Crippen LogP) is 6.44. The maximum atomic E-state index is 13.1. The van der Waals surface area contributed by atoms with Crippen molar-refractivity contribution in [1.29, 1.82) is 0 Å². The predicted molar refractivity (Wildman–Crippen MR) is 140 cm³/mol.